The number of anilines is 1. The molecule has 0 aliphatic carbocycles. The molecule has 2 aromatic rings. The largest absolute Gasteiger partial charge is 0.435 e. The van der Waals surface area contributed by atoms with Gasteiger partial charge in [0.1, 0.15) is 11.6 Å². The van der Waals surface area contributed by atoms with Crippen LogP contribution in [0, 0.1) is 0 Å². The molecule has 1 aliphatic heterocycles. The van der Waals surface area contributed by atoms with Gasteiger partial charge in [-0.05, 0) is 37.1 Å². The molecule has 128 valence electrons. The van der Waals surface area contributed by atoms with E-state index in [9.17, 15) is 13.6 Å². The molecule has 1 atom stereocenters. The Kier molecular flexibility index (Phi) is 4.93. The van der Waals surface area contributed by atoms with E-state index in [0.29, 0.717) is 18.8 Å². The summed E-state index contributed by atoms with van der Waals surface area (Å²) in [5.74, 6) is 1.14. The standard InChI is InChI=1S/C16H18F2N4O2/c17-15(18)24-13-5-3-12(4-6-13)21-16(23)22-9-1-2-11(10-22)14-19-7-8-20-14/h3-8,11,15H,1-2,9-10H2,(H,19,20)(H,21,23)/t11-/m1/s1. The number of aromatic amines is 1. The molecule has 0 spiro atoms. The number of imidazole rings is 1. The fourth-order valence-corrected chi connectivity index (χ4v) is 2.81. The van der Waals surface area contributed by atoms with Crippen molar-refractivity contribution in [1.29, 1.82) is 0 Å². The quantitative estimate of drug-likeness (QED) is 0.899. The van der Waals surface area contributed by atoms with Gasteiger partial charge in [-0.1, -0.05) is 0 Å². The molecule has 6 nitrogen and oxygen atoms in total. The number of hydrogen-bond acceptors (Lipinski definition) is 3. The third kappa shape index (κ3) is 4.01. The van der Waals surface area contributed by atoms with Gasteiger partial charge in [-0.15, -0.1) is 0 Å². The third-order valence-corrected chi connectivity index (χ3v) is 3.95. The Labute approximate surface area is 137 Å². The number of amides is 2. The predicted molar refractivity (Wildman–Crippen MR) is 84.2 cm³/mol. The highest BCUT2D eigenvalue weighted by Crippen LogP contribution is 2.25. The van der Waals surface area contributed by atoms with Crippen LogP contribution in [0.1, 0.15) is 24.6 Å². The van der Waals surface area contributed by atoms with Crippen molar-refractivity contribution in [3.63, 3.8) is 0 Å². The maximum atomic E-state index is 12.4. The summed E-state index contributed by atoms with van der Waals surface area (Å²) in [6, 6.07) is 5.63. The van der Waals surface area contributed by atoms with Gasteiger partial charge in [-0.2, -0.15) is 8.78 Å². The summed E-state index contributed by atoms with van der Waals surface area (Å²) >= 11 is 0. The second kappa shape index (κ2) is 7.29. The van der Waals surface area contributed by atoms with Gasteiger partial charge in [-0.3, -0.25) is 0 Å². The lowest BCUT2D eigenvalue weighted by Crippen LogP contribution is -2.41. The van der Waals surface area contributed by atoms with Gasteiger partial charge in [-0.25, -0.2) is 9.78 Å². The maximum absolute atomic E-state index is 12.4. The number of carbonyl (C=O) groups excluding carboxylic acids is 1. The van der Waals surface area contributed by atoms with Crippen LogP contribution in [0.2, 0.25) is 0 Å². The number of benzene rings is 1. The number of hydrogen-bond donors (Lipinski definition) is 2. The lowest BCUT2D eigenvalue weighted by atomic mass is 9.98. The minimum atomic E-state index is -2.86. The van der Waals surface area contributed by atoms with Crippen LogP contribution in [-0.4, -0.2) is 40.6 Å². The van der Waals surface area contributed by atoms with Crippen LogP contribution in [0.3, 0.4) is 0 Å². The van der Waals surface area contributed by atoms with E-state index in [-0.39, 0.29) is 17.7 Å². The number of nitrogens with one attached hydrogen (secondary N) is 2. The molecule has 1 aliphatic rings. The van der Waals surface area contributed by atoms with Crippen LogP contribution in [0.4, 0.5) is 19.3 Å². The number of carbonyl (C=O) groups is 1. The summed E-state index contributed by atoms with van der Waals surface area (Å²) in [5, 5.41) is 2.77. The fraction of sp³-hybridized carbons (Fsp3) is 0.375. The van der Waals surface area contributed by atoms with Crippen LogP contribution in [0.25, 0.3) is 0 Å². The normalized spacial score (nSPS) is 17.8. The van der Waals surface area contributed by atoms with E-state index in [1.807, 2.05) is 0 Å². The molecule has 1 aromatic carbocycles. The van der Waals surface area contributed by atoms with E-state index in [0.717, 1.165) is 18.7 Å². The van der Waals surface area contributed by atoms with Crippen LogP contribution >= 0.6 is 0 Å². The average Bonchev–Trinajstić information content (AvgIpc) is 3.11. The lowest BCUT2D eigenvalue weighted by molar-refractivity contribution is -0.0498. The number of piperidine rings is 1. The first kappa shape index (κ1) is 16.2. The smallest absolute Gasteiger partial charge is 0.387 e. The maximum Gasteiger partial charge on any atom is 0.387 e. The molecule has 0 bridgehead atoms. The monoisotopic (exact) mass is 336 g/mol. The molecule has 2 heterocycles. The second-order valence-corrected chi connectivity index (χ2v) is 5.59. The molecular formula is C16H18F2N4O2. The number of rotatable bonds is 4. The number of aromatic nitrogens is 2. The van der Waals surface area contributed by atoms with Gasteiger partial charge < -0.3 is 19.9 Å². The van der Waals surface area contributed by atoms with Gasteiger partial charge >= 0.3 is 12.6 Å². The van der Waals surface area contributed by atoms with Crippen LogP contribution < -0.4 is 10.1 Å². The summed E-state index contributed by atoms with van der Waals surface area (Å²) in [6.45, 7) is -1.60. The number of ether oxygens (including phenoxy) is 1. The van der Waals surface area contributed by atoms with Crippen LogP contribution in [0.15, 0.2) is 36.7 Å². The SMILES string of the molecule is O=C(Nc1ccc(OC(F)F)cc1)N1CCC[C@@H](c2ncc[nH]2)C1. The van der Waals surface area contributed by atoms with Crippen molar-refractivity contribution in [2.45, 2.75) is 25.4 Å². The van der Waals surface area contributed by atoms with Crippen molar-refractivity contribution >= 4 is 11.7 Å². The topological polar surface area (TPSA) is 70.2 Å². The van der Waals surface area contributed by atoms with Crippen molar-refractivity contribution in [2.24, 2.45) is 0 Å². The number of urea groups is 1. The van der Waals surface area contributed by atoms with E-state index in [1.165, 1.54) is 24.3 Å². The molecule has 0 saturated carbocycles. The Hall–Kier alpha value is -2.64. The highest BCUT2D eigenvalue weighted by molar-refractivity contribution is 5.89. The molecule has 2 amide bonds. The molecule has 24 heavy (non-hydrogen) atoms. The highest BCUT2D eigenvalue weighted by atomic mass is 19.3. The Balaban J connectivity index is 1.58. The van der Waals surface area contributed by atoms with Crippen LogP contribution in [0.5, 0.6) is 5.75 Å². The van der Waals surface area contributed by atoms with E-state index >= 15 is 0 Å². The molecule has 1 saturated heterocycles. The number of H-pyrrole nitrogens is 1. The molecule has 1 aromatic heterocycles. The third-order valence-electron chi connectivity index (χ3n) is 3.95. The van der Waals surface area contributed by atoms with E-state index in [1.54, 1.807) is 17.3 Å². The number of alkyl halides is 2. The van der Waals surface area contributed by atoms with Crippen molar-refractivity contribution in [3.05, 3.63) is 42.5 Å². The molecule has 0 radical (unpaired) electrons. The summed E-state index contributed by atoms with van der Waals surface area (Å²) in [7, 11) is 0. The van der Waals surface area contributed by atoms with Gasteiger partial charge in [0.15, 0.2) is 0 Å². The zero-order chi connectivity index (χ0) is 16.9. The van der Waals surface area contributed by atoms with E-state index in [2.05, 4.69) is 20.0 Å². The van der Waals surface area contributed by atoms with Crippen molar-refractivity contribution in [1.82, 2.24) is 14.9 Å². The summed E-state index contributed by atoms with van der Waals surface area (Å²) in [5.41, 5.74) is 0.529. The summed E-state index contributed by atoms with van der Waals surface area (Å²) in [4.78, 5) is 21.5. The summed E-state index contributed by atoms with van der Waals surface area (Å²) in [6.07, 6.45) is 5.37. The molecule has 3 rings (SSSR count). The predicted octanol–water partition coefficient (Wildman–Crippen LogP) is 3.42. The first-order valence-electron chi connectivity index (χ1n) is 7.72. The molecule has 1 fully saturated rings. The molecule has 2 N–H and O–H groups in total. The van der Waals surface area contributed by atoms with Crippen molar-refractivity contribution in [2.75, 3.05) is 18.4 Å². The molecular weight excluding hydrogens is 318 g/mol. The zero-order valence-corrected chi connectivity index (χ0v) is 12.9. The van der Waals surface area contributed by atoms with Gasteiger partial charge in [0.2, 0.25) is 0 Å². The number of halogens is 2. The van der Waals surface area contributed by atoms with Gasteiger partial charge in [0.05, 0.1) is 0 Å². The highest BCUT2D eigenvalue weighted by Gasteiger charge is 2.26. The van der Waals surface area contributed by atoms with Gasteiger partial charge in [0.25, 0.3) is 0 Å². The van der Waals surface area contributed by atoms with Gasteiger partial charge in [0, 0.05) is 37.1 Å². The zero-order valence-electron chi connectivity index (χ0n) is 12.9. The lowest BCUT2D eigenvalue weighted by Gasteiger charge is -2.31. The second-order valence-electron chi connectivity index (χ2n) is 5.59. The Bertz CT molecular complexity index is 661. The van der Waals surface area contributed by atoms with Crippen LogP contribution in [-0.2, 0) is 0 Å². The Morgan fingerprint density at radius 2 is 2.17 bits per heavy atom. The average molecular weight is 336 g/mol. The van der Waals surface area contributed by atoms with Crippen molar-refractivity contribution < 1.29 is 18.3 Å². The van der Waals surface area contributed by atoms with E-state index in [4.69, 9.17) is 0 Å². The summed E-state index contributed by atoms with van der Waals surface area (Å²) < 4.78 is 28.5. The first-order valence-corrected chi connectivity index (χ1v) is 7.72. The first-order chi connectivity index (χ1) is 11.6. The molecule has 8 heteroatoms. The Morgan fingerprint density at radius 3 is 2.83 bits per heavy atom. The Morgan fingerprint density at radius 1 is 1.38 bits per heavy atom. The number of nitrogens with zero attached hydrogens (tertiary/aromatic N) is 2. The van der Waals surface area contributed by atoms with Crippen molar-refractivity contribution in [3.8, 4) is 5.75 Å². The minimum absolute atomic E-state index is 0.0545. The number of likely N-dealkylation sites (tertiary alicyclic amines) is 1. The van der Waals surface area contributed by atoms with E-state index < -0.39 is 6.61 Å². The fourth-order valence-electron chi connectivity index (χ4n) is 2.81. The molecule has 0 unspecified atom stereocenters. The minimum Gasteiger partial charge on any atom is -0.435 e.